The molecule has 1 aromatic carbocycles. The van der Waals surface area contributed by atoms with Crippen LogP contribution in [0.3, 0.4) is 0 Å². The number of amides is 1. The van der Waals surface area contributed by atoms with Gasteiger partial charge in [-0.25, -0.2) is 0 Å². The second-order valence-electron chi connectivity index (χ2n) is 5.50. The van der Waals surface area contributed by atoms with Crippen LogP contribution in [0.4, 0.5) is 0 Å². The summed E-state index contributed by atoms with van der Waals surface area (Å²) >= 11 is 0. The van der Waals surface area contributed by atoms with E-state index in [1.54, 1.807) is 0 Å². The molecule has 3 unspecified atom stereocenters. The minimum atomic E-state index is -0.140. The van der Waals surface area contributed by atoms with Crippen LogP contribution in [0.25, 0.3) is 0 Å². The number of nitrogens with one attached hydrogen (secondary N) is 1. The lowest BCUT2D eigenvalue weighted by atomic mass is 9.97. The van der Waals surface area contributed by atoms with E-state index >= 15 is 0 Å². The Morgan fingerprint density at radius 3 is 2.68 bits per heavy atom. The molecular formula is C15H20N2O2. The number of nitrogens with zero attached hydrogens (tertiary/aromatic N) is 1. The van der Waals surface area contributed by atoms with Gasteiger partial charge in [-0.3, -0.25) is 4.79 Å². The van der Waals surface area contributed by atoms with Crippen molar-refractivity contribution in [3.8, 4) is 5.75 Å². The van der Waals surface area contributed by atoms with Crippen LogP contribution in [0, 0.1) is 0 Å². The largest absolute Gasteiger partial charge is 0.492 e. The summed E-state index contributed by atoms with van der Waals surface area (Å²) in [5.74, 6) is 0.918. The van der Waals surface area contributed by atoms with Crippen LogP contribution in [0.2, 0.25) is 0 Å². The minimum Gasteiger partial charge on any atom is -0.492 e. The fraction of sp³-hybridized carbons (Fsp3) is 0.533. The lowest BCUT2D eigenvalue weighted by Crippen LogP contribution is -2.58. The predicted molar refractivity (Wildman–Crippen MR) is 73.3 cm³/mol. The molecule has 4 heteroatoms. The summed E-state index contributed by atoms with van der Waals surface area (Å²) < 4.78 is 5.63. The highest BCUT2D eigenvalue weighted by Crippen LogP contribution is 2.35. The molecule has 1 aromatic rings. The molecule has 2 heterocycles. The fourth-order valence-electron chi connectivity index (χ4n) is 3.11. The Kier molecular flexibility index (Phi) is 3.19. The van der Waals surface area contributed by atoms with Gasteiger partial charge in [-0.1, -0.05) is 18.2 Å². The molecule has 0 radical (unpaired) electrons. The third-order valence-electron chi connectivity index (χ3n) is 4.08. The van der Waals surface area contributed by atoms with Crippen molar-refractivity contribution in [2.75, 3.05) is 19.7 Å². The molecule has 1 N–H and O–H groups in total. The first-order valence-electron chi connectivity index (χ1n) is 6.93. The number of carbonyl (C=O) groups excluding carboxylic acids is 1. The van der Waals surface area contributed by atoms with Gasteiger partial charge in [0.15, 0.2) is 0 Å². The Hall–Kier alpha value is -1.55. The highest BCUT2D eigenvalue weighted by molar-refractivity contribution is 5.86. The van der Waals surface area contributed by atoms with Crippen LogP contribution in [0.5, 0.6) is 5.75 Å². The summed E-state index contributed by atoms with van der Waals surface area (Å²) in [5.41, 5.74) is 1.03. The molecule has 0 aromatic heterocycles. The van der Waals surface area contributed by atoms with Crippen molar-refractivity contribution in [2.45, 2.75) is 31.8 Å². The van der Waals surface area contributed by atoms with Gasteiger partial charge in [0.2, 0.25) is 5.91 Å². The molecule has 0 saturated carbocycles. The summed E-state index contributed by atoms with van der Waals surface area (Å²) in [6.07, 6.45) is 0. The van der Waals surface area contributed by atoms with Crippen molar-refractivity contribution in [1.29, 1.82) is 0 Å². The topological polar surface area (TPSA) is 41.6 Å². The highest BCUT2D eigenvalue weighted by Gasteiger charge is 2.37. The normalized spacial score (nSPS) is 29.8. The smallest absolute Gasteiger partial charge is 0.234 e. The predicted octanol–water partition coefficient (Wildman–Crippen LogP) is 1.37. The van der Waals surface area contributed by atoms with Crippen molar-refractivity contribution < 1.29 is 9.53 Å². The van der Waals surface area contributed by atoms with Crippen LogP contribution in [-0.2, 0) is 4.79 Å². The second-order valence-corrected chi connectivity index (χ2v) is 5.50. The first kappa shape index (κ1) is 12.5. The van der Waals surface area contributed by atoms with Crippen molar-refractivity contribution in [2.24, 2.45) is 0 Å². The fourth-order valence-corrected chi connectivity index (χ4v) is 3.11. The van der Waals surface area contributed by atoms with Gasteiger partial charge < -0.3 is 15.0 Å². The zero-order valence-electron chi connectivity index (χ0n) is 11.4. The van der Waals surface area contributed by atoms with Crippen LogP contribution < -0.4 is 10.1 Å². The van der Waals surface area contributed by atoms with Crippen LogP contribution in [0.15, 0.2) is 24.3 Å². The zero-order valence-corrected chi connectivity index (χ0v) is 11.4. The number of fused-ring (bicyclic) bond motifs is 1. The Labute approximate surface area is 113 Å². The third-order valence-corrected chi connectivity index (χ3v) is 4.08. The summed E-state index contributed by atoms with van der Waals surface area (Å²) in [5, 5.41) is 3.35. The number of rotatable bonds is 1. The summed E-state index contributed by atoms with van der Waals surface area (Å²) in [6, 6.07) is 8.34. The van der Waals surface area contributed by atoms with Gasteiger partial charge in [0.1, 0.15) is 18.3 Å². The molecule has 1 saturated heterocycles. The van der Waals surface area contributed by atoms with E-state index < -0.39 is 0 Å². The van der Waals surface area contributed by atoms with Gasteiger partial charge >= 0.3 is 0 Å². The van der Waals surface area contributed by atoms with E-state index in [4.69, 9.17) is 4.74 Å². The SMILES string of the molecule is CC1CNCC(C)N1C(=O)C1COc2ccccc21. The van der Waals surface area contributed by atoms with Crippen molar-refractivity contribution in [3.05, 3.63) is 29.8 Å². The quantitative estimate of drug-likeness (QED) is 0.829. The average molecular weight is 260 g/mol. The summed E-state index contributed by atoms with van der Waals surface area (Å²) in [6.45, 7) is 6.41. The Bertz CT molecular complexity index is 479. The van der Waals surface area contributed by atoms with Crippen LogP contribution >= 0.6 is 0 Å². The molecule has 1 fully saturated rings. The molecule has 0 spiro atoms. The van der Waals surface area contributed by atoms with E-state index in [2.05, 4.69) is 19.2 Å². The van der Waals surface area contributed by atoms with E-state index in [-0.39, 0.29) is 23.9 Å². The first-order chi connectivity index (χ1) is 9.18. The molecule has 19 heavy (non-hydrogen) atoms. The van der Waals surface area contributed by atoms with E-state index in [1.165, 1.54) is 0 Å². The minimum absolute atomic E-state index is 0.140. The lowest BCUT2D eigenvalue weighted by Gasteiger charge is -2.40. The second kappa shape index (κ2) is 4.85. The molecule has 0 aliphatic carbocycles. The molecule has 3 rings (SSSR count). The summed E-state index contributed by atoms with van der Waals surface area (Å²) in [7, 11) is 0. The number of benzene rings is 1. The van der Waals surface area contributed by atoms with Gasteiger partial charge in [0, 0.05) is 30.7 Å². The maximum absolute atomic E-state index is 12.8. The van der Waals surface area contributed by atoms with Crippen molar-refractivity contribution in [1.82, 2.24) is 10.2 Å². The maximum Gasteiger partial charge on any atom is 0.234 e. The van der Waals surface area contributed by atoms with Gasteiger partial charge in [-0.15, -0.1) is 0 Å². The van der Waals surface area contributed by atoms with E-state index in [0.29, 0.717) is 6.61 Å². The monoisotopic (exact) mass is 260 g/mol. The summed E-state index contributed by atoms with van der Waals surface area (Å²) in [4.78, 5) is 14.8. The number of para-hydroxylation sites is 1. The number of piperazine rings is 1. The Morgan fingerprint density at radius 2 is 1.95 bits per heavy atom. The standard InChI is InChI=1S/C15H20N2O2/c1-10-7-16-8-11(2)17(10)15(18)13-9-19-14-6-4-3-5-12(13)14/h3-6,10-11,13,16H,7-9H2,1-2H3. The number of ether oxygens (including phenoxy) is 1. The molecule has 2 aliphatic rings. The van der Waals surface area contributed by atoms with Gasteiger partial charge in [-0.2, -0.15) is 0 Å². The number of hydrogen-bond donors (Lipinski definition) is 1. The molecule has 2 aliphatic heterocycles. The Morgan fingerprint density at radius 1 is 1.26 bits per heavy atom. The third kappa shape index (κ3) is 2.10. The Balaban J connectivity index is 1.85. The molecule has 1 amide bonds. The number of hydrogen-bond acceptors (Lipinski definition) is 3. The van der Waals surface area contributed by atoms with Crippen LogP contribution in [-0.4, -0.2) is 42.6 Å². The first-order valence-corrected chi connectivity index (χ1v) is 6.93. The van der Waals surface area contributed by atoms with Crippen molar-refractivity contribution >= 4 is 5.91 Å². The highest BCUT2D eigenvalue weighted by atomic mass is 16.5. The number of carbonyl (C=O) groups is 1. The van der Waals surface area contributed by atoms with Crippen molar-refractivity contribution in [3.63, 3.8) is 0 Å². The van der Waals surface area contributed by atoms with E-state index in [9.17, 15) is 4.79 Å². The molecule has 102 valence electrons. The van der Waals surface area contributed by atoms with Crippen LogP contribution in [0.1, 0.15) is 25.3 Å². The van der Waals surface area contributed by atoms with Gasteiger partial charge in [-0.05, 0) is 19.9 Å². The molecular weight excluding hydrogens is 240 g/mol. The van der Waals surface area contributed by atoms with Gasteiger partial charge in [0.05, 0.1) is 0 Å². The molecule has 0 bridgehead atoms. The van der Waals surface area contributed by atoms with E-state index in [1.807, 2.05) is 29.2 Å². The molecule has 4 nitrogen and oxygen atoms in total. The molecule has 3 atom stereocenters. The lowest BCUT2D eigenvalue weighted by molar-refractivity contribution is -0.138. The zero-order chi connectivity index (χ0) is 13.4. The van der Waals surface area contributed by atoms with E-state index in [0.717, 1.165) is 24.4 Å². The average Bonchev–Trinajstić information content (AvgIpc) is 2.82. The maximum atomic E-state index is 12.8. The van der Waals surface area contributed by atoms with Gasteiger partial charge in [0.25, 0.3) is 0 Å².